The quantitative estimate of drug-likeness (QED) is 0.709. The van der Waals surface area contributed by atoms with Gasteiger partial charge in [0, 0.05) is 19.0 Å². The van der Waals surface area contributed by atoms with Gasteiger partial charge in [0.2, 0.25) is 0 Å². The van der Waals surface area contributed by atoms with Crippen molar-refractivity contribution in [2.45, 2.75) is 13.0 Å². The number of nitrogens with two attached hydrogens (primary N) is 1. The zero-order valence-corrected chi connectivity index (χ0v) is 7.10. The zero-order chi connectivity index (χ0) is 8.81. The second-order valence-electron chi connectivity index (χ2n) is 2.37. The third-order valence-electron chi connectivity index (χ3n) is 1.42. The molecule has 0 unspecified atom stereocenters. The molecule has 0 saturated heterocycles. The van der Waals surface area contributed by atoms with Gasteiger partial charge in [0.1, 0.15) is 5.82 Å². The molecule has 2 N–H and O–H groups in total. The summed E-state index contributed by atoms with van der Waals surface area (Å²) < 4.78 is 5.14. The SMILES string of the molecule is CCOC[C@H](N)c1ncccn1. The summed E-state index contributed by atoms with van der Waals surface area (Å²) in [6.45, 7) is 3.07. The van der Waals surface area contributed by atoms with Gasteiger partial charge in [-0.1, -0.05) is 0 Å². The number of hydrogen-bond acceptors (Lipinski definition) is 4. The van der Waals surface area contributed by atoms with Crippen LogP contribution in [0.4, 0.5) is 0 Å². The Balaban J connectivity index is 2.48. The Morgan fingerprint density at radius 1 is 1.50 bits per heavy atom. The van der Waals surface area contributed by atoms with Crippen molar-refractivity contribution < 1.29 is 4.74 Å². The predicted molar refractivity (Wildman–Crippen MR) is 45.5 cm³/mol. The molecule has 12 heavy (non-hydrogen) atoms. The Bertz CT molecular complexity index is 215. The molecule has 0 spiro atoms. The molecule has 4 heteroatoms. The topological polar surface area (TPSA) is 61.0 Å². The smallest absolute Gasteiger partial charge is 0.147 e. The first kappa shape index (κ1) is 9.09. The average molecular weight is 167 g/mol. The third kappa shape index (κ3) is 2.56. The molecule has 0 aliphatic heterocycles. The molecule has 0 aromatic carbocycles. The van der Waals surface area contributed by atoms with Crippen molar-refractivity contribution in [2.75, 3.05) is 13.2 Å². The molecule has 0 aliphatic rings. The first-order chi connectivity index (χ1) is 5.84. The van der Waals surface area contributed by atoms with Gasteiger partial charge in [-0.05, 0) is 13.0 Å². The molecule has 0 bridgehead atoms. The van der Waals surface area contributed by atoms with Crippen LogP contribution in [0.5, 0.6) is 0 Å². The Kier molecular flexibility index (Phi) is 3.63. The highest BCUT2D eigenvalue weighted by Crippen LogP contribution is 2.01. The lowest BCUT2D eigenvalue weighted by molar-refractivity contribution is 0.131. The highest BCUT2D eigenvalue weighted by molar-refractivity contribution is 4.94. The zero-order valence-electron chi connectivity index (χ0n) is 7.10. The van der Waals surface area contributed by atoms with Crippen molar-refractivity contribution in [3.63, 3.8) is 0 Å². The summed E-state index contributed by atoms with van der Waals surface area (Å²) in [6, 6.07) is 1.54. The highest BCUT2D eigenvalue weighted by Gasteiger charge is 2.06. The molecule has 0 saturated carbocycles. The summed E-state index contributed by atoms with van der Waals surface area (Å²) in [4.78, 5) is 8.03. The van der Waals surface area contributed by atoms with Crippen LogP contribution < -0.4 is 5.73 Å². The van der Waals surface area contributed by atoms with E-state index < -0.39 is 0 Å². The first-order valence-corrected chi connectivity index (χ1v) is 3.94. The fourth-order valence-electron chi connectivity index (χ4n) is 0.821. The van der Waals surface area contributed by atoms with Crippen LogP contribution in [0, 0.1) is 0 Å². The van der Waals surface area contributed by atoms with Crippen molar-refractivity contribution in [1.29, 1.82) is 0 Å². The van der Waals surface area contributed by atoms with Gasteiger partial charge in [-0.25, -0.2) is 9.97 Å². The van der Waals surface area contributed by atoms with Gasteiger partial charge < -0.3 is 10.5 Å². The Morgan fingerprint density at radius 3 is 2.75 bits per heavy atom. The number of rotatable bonds is 4. The van der Waals surface area contributed by atoms with Crippen LogP contribution in [0.3, 0.4) is 0 Å². The van der Waals surface area contributed by atoms with Gasteiger partial charge in [-0.3, -0.25) is 0 Å². The standard InChI is InChI=1S/C8H13N3O/c1-2-12-6-7(9)8-10-4-3-5-11-8/h3-5,7H,2,6,9H2,1H3/t7-/m0/s1. The summed E-state index contributed by atoms with van der Waals surface area (Å²) in [7, 11) is 0. The van der Waals surface area contributed by atoms with Crippen molar-refractivity contribution in [2.24, 2.45) is 5.73 Å². The molecular weight excluding hydrogens is 154 g/mol. The molecule has 1 aromatic heterocycles. The van der Waals surface area contributed by atoms with E-state index in [2.05, 4.69) is 9.97 Å². The van der Waals surface area contributed by atoms with Crippen LogP contribution >= 0.6 is 0 Å². The second-order valence-corrected chi connectivity index (χ2v) is 2.37. The van der Waals surface area contributed by atoms with Crippen LogP contribution in [0.2, 0.25) is 0 Å². The van der Waals surface area contributed by atoms with E-state index in [1.807, 2.05) is 6.92 Å². The van der Waals surface area contributed by atoms with Crippen LogP contribution in [0.15, 0.2) is 18.5 Å². The lowest BCUT2D eigenvalue weighted by Gasteiger charge is -2.08. The van der Waals surface area contributed by atoms with Gasteiger partial charge in [0.15, 0.2) is 0 Å². The normalized spacial score (nSPS) is 12.8. The highest BCUT2D eigenvalue weighted by atomic mass is 16.5. The lowest BCUT2D eigenvalue weighted by Crippen LogP contribution is -2.19. The van der Waals surface area contributed by atoms with E-state index in [0.717, 1.165) is 0 Å². The molecule has 66 valence electrons. The van der Waals surface area contributed by atoms with Gasteiger partial charge in [0.25, 0.3) is 0 Å². The van der Waals surface area contributed by atoms with Crippen molar-refractivity contribution in [3.05, 3.63) is 24.3 Å². The van der Waals surface area contributed by atoms with E-state index >= 15 is 0 Å². The molecule has 1 aromatic rings. The minimum absolute atomic E-state index is 0.217. The number of aromatic nitrogens is 2. The van der Waals surface area contributed by atoms with Crippen LogP contribution in [-0.4, -0.2) is 23.2 Å². The van der Waals surface area contributed by atoms with E-state index in [1.165, 1.54) is 0 Å². The molecule has 4 nitrogen and oxygen atoms in total. The van der Waals surface area contributed by atoms with E-state index in [0.29, 0.717) is 19.0 Å². The summed E-state index contributed by atoms with van der Waals surface area (Å²) >= 11 is 0. The van der Waals surface area contributed by atoms with Crippen LogP contribution in [0.1, 0.15) is 18.8 Å². The Hall–Kier alpha value is -1.00. The van der Waals surface area contributed by atoms with E-state index in [-0.39, 0.29) is 6.04 Å². The van der Waals surface area contributed by atoms with E-state index in [4.69, 9.17) is 10.5 Å². The van der Waals surface area contributed by atoms with E-state index in [9.17, 15) is 0 Å². The fraction of sp³-hybridized carbons (Fsp3) is 0.500. The molecule has 1 heterocycles. The summed E-state index contributed by atoms with van der Waals surface area (Å²) in [5.41, 5.74) is 5.73. The fourth-order valence-corrected chi connectivity index (χ4v) is 0.821. The van der Waals surface area contributed by atoms with Gasteiger partial charge in [-0.15, -0.1) is 0 Å². The number of nitrogens with zero attached hydrogens (tertiary/aromatic N) is 2. The lowest BCUT2D eigenvalue weighted by atomic mass is 10.3. The van der Waals surface area contributed by atoms with Gasteiger partial charge in [-0.2, -0.15) is 0 Å². The summed E-state index contributed by atoms with van der Waals surface area (Å²) in [5.74, 6) is 0.631. The molecule has 1 rings (SSSR count). The summed E-state index contributed by atoms with van der Waals surface area (Å²) in [6.07, 6.45) is 3.35. The van der Waals surface area contributed by atoms with Gasteiger partial charge in [0.05, 0.1) is 12.6 Å². The second kappa shape index (κ2) is 4.79. The van der Waals surface area contributed by atoms with Gasteiger partial charge >= 0.3 is 0 Å². The Labute approximate surface area is 71.8 Å². The molecule has 0 aliphatic carbocycles. The molecule has 1 atom stereocenters. The third-order valence-corrected chi connectivity index (χ3v) is 1.42. The molecule has 0 amide bonds. The summed E-state index contributed by atoms with van der Waals surface area (Å²) in [5, 5.41) is 0. The Morgan fingerprint density at radius 2 is 2.17 bits per heavy atom. The number of hydrogen-bond donors (Lipinski definition) is 1. The molecule has 0 fully saturated rings. The maximum Gasteiger partial charge on any atom is 0.147 e. The monoisotopic (exact) mass is 167 g/mol. The average Bonchev–Trinajstić information content (AvgIpc) is 2.15. The minimum Gasteiger partial charge on any atom is -0.380 e. The van der Waals surface area contributed by atoms with Crippen molar-refractivity contribution in [3.8, 4) is 0 Å². The maximum atomic E-state index is 5.73. The number of ether oxygens (including phenoxy) is 1. The van der Waals surface area contributed by atoms with Crippen LogP contribution in [-0.2, 0) is 4.74 Å². The van der Waals surface area contributed by atoms with Crippen molar-refractivity contribution in [1.82, 2.24) is 9.97 Å². The minimum atomic E-state index is -0.217. The van der Waals surface area contributed by atoms with Crippen LogP contribution in [0.25, 0.3) is 0 Å². The molecular formula is C8H13N3O. The predicted octanol–water partition coefficient (Wildman–Crippen LogP) is 0.513. The largest absolute Gasteiger partial charge is 0.380 e. The maximum absolute atomic E-state index is 5.73. The first-order valence-electron chi connectivity index (χ1n) is 3.94. The van der Waals surface area contributed by atoms with E-state index in [1.54, 1.807) is 18.5 Å². The molecule has 0 radical (unpaired) electrons. The van der Waals surface area contributed by atoms with Crippen molar-refractivity contribution >= 4 is 0 Å².